The Morgan fingerprint density at radius 2 is 1.79 bits per heavy atom. The van der Waals surface area contributed by atoms with Gasteiger partial charge >= 0.3 is 0 Å². The minimum Gasteiger partial charge on any atom is -0.357 e. The third-order valence-electron chi connectivity index (χ3n) is 5.17. The van der Waals surface area contributed by atoms with Crippen LogP contribution in [0.15, 0.2) is 23.2 Å². The minimum atomic E-state index is -3.36. The molecule has 2 fully saturated rings. The van der Waals surface area contributed by atoms with Crippen molar-refractivity contribution in [1.82, 2.24) is 9.29 Å². The molecule has 0 bridgehead atoms. The molecule has 2 saturated heterocycles. The van der Waals surface area contributed by atoms with E-state index in [9.17, 15) is 8.42 Å². The van der Waals surface area contributed by atoms with Crippen LogP contribution in [-0.2, 0) is 10.0 Å². The van der Waals surface area contributed by atoms with E-state index in [0.717, 1.165) is 43.6 Å². The number of pyridine rings is 1. The third-order valence-corrected chi connectivity index (χ3v) is 7.05. The molecule has 1 aromatic rings. The highest BCUT2D eigenvalue weighted by molar-refractivity contribution is 7.89. The van der Waals surface area contributed by atoms with E-state index in [2.05, 4.69) is 23.7 Å². The van der Waals surface area contributed by atoms with E-state index in [4.69, 9.17) is 0 Å². The van der Waals surface area contributed by atoms with Gasteiger partial charge in [-0.05, 0) is 56.1 Å². The predicted octanol–water partition coefficient (Wildman–Crippen LogP) is 3.13. The Bertz CT molecular complexity index is 629. The van der Waals surface area contributed by atoms with Gasteiger partial charge in [0.25, 0.3) is 0 Å². The van der Waals surface area contributed by atoms with Gasteiger partial charge in [0.2, 0.25) is 10.0 Å². The average molecular weight is 352 g/mol. The molecule has 24 heavy (non-hydrogen) atoms. The second kappa shape index (κ2) is 7.40. The van der Waals surface area contributed by atoms with Gasteiger partial charge in [-0.25, -0.2) is 13.4 Å². The summed E-state index contributed by atoms with van der Waals surface area (Å²) in [5.74, 6) is 2.48. The van der Waals surface area contributed by atoms with Crippen LogP contribution in [0.4, 0.5) is 5.82 Å². The fourth-order valence-corrected chi connectivity index (χ4v) is 5.32. The molecular weight excluding hydrogens is 322 g/mol. The van der Waals surface area contributed by atoms with Crippen LogP contribution in [0, 0.1) is 11.8 Å². The Balaban J connectivity index is 1.63. The van der Waals surface area contributed by atoms with E-state index in [1.807, 2.05) is 6.07 Å². The molecule has 0 aliphatic carbocycles. The molecule has 3 heterocycles. The van der Waals surface area contributed by atoms with E-state index in [1.54, 1.807) is 10.4 Å². The van der Waals surface area contributed by atoms with Crippen molar-refractivity contribution in [2.24, 2.45) is 11.8 Å². The molecule has 0 amide bonds. The number of anilines is 1. The highest BCUT2D eigenvalue weighted by atomic mass is 32.2. The summed E-state index contributed by atoms with van der Waals surface area (Å²) in [6, 6.07) is 3.59. The van der Waals surface area contributed by atoms with E-state index in [-0.39, 0.29) is 0 Å². The normalized spacial score (nSPS) is 20.9. The van der Waals surface area contributed by atoms with Gasteiger partial charge in [-0.3, -0.25) is 0 Å². The van der Waals surface area contributed by atoms with E-state index in [1.165, 1.54) is 25.5 Å². The molecule has 0 unspecified atom stereocenters. The molecule has 6 heteroatoms. The number of piperidine rings is 1. The highest BCUT2D eigenvalue weighted by Crippen LogP contribution is 2.27. The lowest BCUT2D eigenvalue weighted by molar-refractivity contribution is 0.337. The van der Waals surface area contributed by atoms with Crippen LogP contribution in [0.25, 0.3) is 0 Å². The number of hydrogen-bond acceptors (Lipinski definition) is 4. The summed E-state index contributed by atoms with van der Waals surface area (Å²) >= 11 is 0. The Kier molecular flexibility index (Phi) is 5.45. The highest BCUT2D eigenvalue weighted by Gasteiger charge is 2.28. The summed E-state index contributed by atoms with van der Waals surface area (Å²) in [7, 11) is -3.36. The minimum absolute atomic E-state index is 0.322. The van der Waals surface area contributed by atoms with Crippen molar-refractivity contribution in [2.45, 2.75) is 50.8 Å². The topological polar surface area (TPSA) is 53.5 Å². The van der Waals surface area contributed by atoms with Crippen LogP contribution in [-0.4, -0.2) is 43.9 Å². The molecule has 0 N–H and O–H groups in total. The van der Waals surface area contributed by atoms with Crippen molar-refractivity contribution in [3.05, 3.63) is 18.3 Å². The average Bonchev–Trinajstić information content (AvgIpc) is 3.10. The van der Waals surface area contributed by atoms with Crippen molar-refractivity contribution in [2.75, 3.05) is 31.1 Å². The number of rotatable bonds is 5. The Morgan fingerprint density at radius 3 is 2.33 bits per heavy atom. The SMILES string of the molecule is CC(C)CC1CCN(c2ccc(S(=O)(=O)N3CCCC3)cn2)CC1. The quantitative estimate of drug-likeness (QED) is 0.818. The first-order valence-electron chi connectivity index (χ1n) is 9.18. The van der Waals surface area contributed by atoms with Crippen molar-refractivity contribution in [3.63, 3.8) is 0 Å². The smallest absolute Gasteiger partial charge is 0.244 e. The van der Waals surface area contributed by atoms with E-state index < -0.39 is 10.0 Å². The summed E-state index contributed by atoms with van der Waals surface area (Å²) in [6.07, 6.45) is 7.14. The molecule has 134 valence electrons. The summed E-state index contributed by atoms with van der Waals surface area (Å²) < 4.78 is 26.7. The van der Waals surface area contributed by atoms with Crippen LogP contribution in [0.3, 0.4) is 0 Å². The fraction of sp³-hybridized carbons (Fsp3) is 0.722. The molecule has 0 atom stereocenters. The zero-order valence-electron chi connectivity index (χ0n) is 14.8. The maximum absolute atomic E-state index is 12.5. The van der Waals surface area contributed by atoms with Gasteiger partial charge in [0.05, 0.1) is 0 Å². The van der Waals surface area contributed by atoms with Crippen molar-refractivity contribution in [1.29, 1.82) is 0 Å². The standard InChI is InChI=1S/C18H29N3O2S/c1-15(2)13-16-7-11-20(12-8-16)18-6-5-17(14-19-18)24(22,23)21-9-3-4-10-21/h5-6,14-16H,3-4,7-13H2,1-2H3. The maximum atomic E-state index is 12.5. The lowest BCUT2D eigenvalue weighted by Gasteiger charge is -2.33. The Morgan fingerprint density at radius 1 is 1.12 bits per heavy atom. The van der Waals surface area contributed by atoms with Crippen molar-refractivity contribution >= 4 is 15.8 Å². The number of sulfonamides is 1. The molecule has 0 saturated carbocycles. The number of hydrogen-bond donors (Lipinski definition) is 0. The third kappa shape index (κ3) is 3.91. The number of nitrogens with zero attached hydrogens (tertiary/aromatic N) is 3. The van der Waals surface area contributed by atoms with Crippen LogP contribution in [0.2, 0.25) is 0 Å². The Hall–Kier alpha value is -1.14. The maximum Gasteiger partial charge on any atom is 0.244 e. The first-order chi connectivity index (χ1) is 11.5. The molecule has 2 aliphatic heterocycles. The molecule has 0 spiro atoms. The van der Waals surface area contributed by atoms with Gasteiger partial charge in [-0.1, -0.05) is 13.8 Å². The van der Waals surface area contributed by atoms with Crippen LogP contribution in [0.5, 0.6) is 0 Å². The van der Waals surface area contributed by atoms with Gasteiger partial charge in [0, 0.05) is 32.4 Å². The van der Waals surface area contributed by atoms with Gasteiger partial charge in [0.15, 0.2) is 0 Å². The molecule has 0 radical (unpaired) electrons. The Labute approximate surface area is 146 Å². The second-order valence-electron chi connectivity index (χ2n) is 7.52. The van der Waals surface area contributed by atoms with Gasteiger partial charge in [-0.2, -0.15) is 4.31 Å². The molecule has 5 nitrogen and oxygen atoms in total. The molecule has 2 aliphatic rings. The molecular formula is C18H29N3O2S. The summed E-state index contributed by atoms with van der Waals surface area (Å²) in [5.41, 5.74) is 0. The summed E-state index contributed by atoms with van der Waals surface area (Å²) in [5, 5.41) is 0. The lowest BCUT2D eigenvalue weighted by atomic mass is 9.89. The predicted molar refractivity (Wildman–Crippen MR) is 96.6 cm³/mol. The number of aromatic nitrogens is 1. The van der Waals surface area contributed by atoms with Gasteiger partial charge in [0.1, 0.15) is 10.7 Å². The largest absolute Gasteiger partial charge is 0.357 e. The zero-order valence-corrected chi connectivity index (χ0v) is 15.6. The first kappa shape index (κ1) is 17.7. The monoisotopic (exact) mass is 351 g/mol. The van der Waals surface area contributed by atoms with Gasteiger partial charge in [-0.15, -0.1) is 0 Å². The van der Waals surface area contributed by atoms with Crippen LogP contribution < -0.4 is 4.90 Å². The first-order valence-corrected chi connectivity index (χ1v) is 10.6. The van der Waals surface area contributed by atoms with Crippen LogP contribution in [0.1, 0.15) is 46.0 Å². The summed E-state index contributed by atoms with van der Waals surface area (Å²) in [4.78, 5) is 7.05. The molecule has 3 rings (SSSR count). The molecule has 0 aromatic carbocycles. The lowest BCUT2D eigenvalue weighted by Crippen LogP contribution is -2.34. The van der Waals surface area contributed by atoms with Crippen molar-refractivity contribution in [3.8, 4) is 0 Å². The van der Waals surface area contributed by atoms with Crippen LogP contribution >= 0.6 is 0 Å². The van der Waals surface area contributed by atoms with Gasteiger partial charge < -0.3 is 4.90 Å². The molecule has 1 aromatic heterocycles. The van der Waals surface area contributed by atoms with Crippen molar-refractivity contribution < 1.29 is 8.42 Å². The summed E-state index contributed by atoms with van der Waals surface area (Å²) in [6.45, 7) is 7.87. The fourth-order valence-electron chi connectivity index (χ4n) is 3.85. The van der Waals surface area contributed by atoms with E-state index >= 15 is 0 Å². The zero-order chi connectivity index (χ0) is 17.2. The van der Waals surface area contributed by atoms with E-state index in [0.29, 0.717) is 18.0 Å². The second-order valence-corrected chi connectivity index (χ2v) is 9.46.